The van der Waals surface area contributed by atoms with E-state index in [-0.39, 0.29) is 11.8 Å². The third-order valence-electron chi connectivity index (χ3n) is 3.79. The summed E-state index contributed by atoms with van der Waals surface area (Å²) < 4.78 is 0. The normalized spacial score (nSPS) is 19.2. The summed E-state index contributed by atoms with van der Waals surface area (Å²) in [6.07, 6.45) is -0.490. The minimum atomic E-state index is -0.493. The minimum Gasteiger partial charge on any atom is -0.391 e. The number of anilines is 1. The molecule has 0 saturated carbocycles. The molecule has 3 nitrogen and oxygen atoms in total. The molecule has 0 saturated heterocycles. The van der Waals surface area contributed by atoms with E-state index in [9.17, 15) is 9.90 Å². The Kier molecular flexibility index (Phi) is 3.20. The van der Waals surface area contributed by atoms with Gasteiger partial charge >= 0.3 is 0 Å². The van der Waals surface area contributed by atoms with E-state index in [1.54, 1.807) is 4.90 Å². The summed E-state index contributed by atoms with van der Waals surface area (Å²) in [7, 11) is 0. The van der Waals surface area contributed by atoms with Crippen LogP contribution in [0.4, 0.5) is 5.69 Å². The molecular formula is C15H21NO2. The second-order valence-electron chi connectivity index (χ2n) is 5.87. The molecule has 1 aliphatic rings. The van der Waals surface area contributed by atoms with Gasteiger partial charge in [-0.05, 0) is 31.4 Å². The molecule has 1 aromatic rings. The molecule has 2 rings (SSSR count). The number of rotatable bonds is 3. The van der Waals surface area contributed by atoms with Crippen molar-refractivity contribution in [2.24, 2.45) is 5.92 Å². The summed E-state index contributed by atoms with van der Waals surface area (Å²) in [5.41, 5.74) is 1.49. The number of aliphatic hydroxyl groups is 1. The summed E-state index contributed by atoms with van der Waals surface area (Å²) in [5, 5.41) is 10.0. The number of aliphatic hydroxyl groups excluding tert-OH is 1. The first kappa shape index (κ1) is 13.1. The van der Waals surface area contributed by atoms with Crippen LogP contribution in [0.2, 0.25) is 0 Å². The predicted molar refractivity (Wildman–Crippen MR) is 72.7 cm³/mol. The standard InChI is InChI=1S/C15H21NO2/c1-10(2)13(17)9-16-12-8-6-5-7-11(12)15(3,4)14(16)18/h5-8,10,13,17H,9H2,1-4H3. The number of benzene rings is 1. The van der Waals surface area contributed by atoms with Crippen LogP contribution in [0.15, 0.2) is 24.3 Å². The number of amides is 1. The maximum absolute atomic E-state index is 12.5. The number of carbonyl (C=O) groups excluding carboxylic acids is 1. The van der Waals surface area contributed by atoms with Gasteiger partial charge in [0.25, 0.3) is 0 Å². The van der Waals surface area contributed by atoms with Gasteiger partial charge in [0.05, 0.1) is 18.1 Å². The van der Waals surface area contributed by atoms with Crippen molar-refractivity contribution >= 4 is 11.6 Å². The minimum absolute atomic E-state index is 0.0726. The maximum atomic E-state index is 12.5. The van der Waals surface area contributed by atoms with Gasteiger partial charge in [0.2, 0.25) is 5.91 Å². The third kappa shape index (κ3) is 1.93. The Morgan fingerprint density at radius 2 is 1.89 bits per heavy atom. The van der Waals surface area contributed by atoms with Gasteiger partial charge in [-0.3, -0.25) is 4.79 Å². The molecule has 1 atom stereocenters. The van der Waals surface area contributed by atoms with Gasteiger partial charge in [-0.1, -0.05) is 32.0 Å². The lowest BCUT2D eigenvalue weighted by atomic mass is 9.86. The molecule has 3 heteroatoms. The van der Waals surface area contributed by atoms with Crippen molar-refractivity contribution in [2.45, 2.75) is 39.2 Å². The quantitative estimate of drug-likeness (QED) is 0.890. The van der Waals surface area contributed by atoms with Crippen molar-refractivity contribution in [1.82, 2.24) is 0 Å². The van der Waals surface area contributed by atoms with Gasteiger partial charge < -0.3 is 10.0 Å². The van der Waals surface area contributed by atoms with E-state index in [4.69, 9.17) is 0 Å². The van der Waals surface area contributed by atoms with Crippen molar-refractivity contribution < 1.29 is 9.90 Å². The summed E-state index contributed by atoms with van der Waals surface area (Å²) in [6, 6.07) is 7.84. The van der Waals surface area contributed by atoms with Crippen LogP contribution in [0, 0.1) is 5.92 Å². The van der Waals surface area contributed by atoms with Crippen LogP contribution in [0.3, 0.4) is 0 Å². The molecule has 0 aliphatic carbocycles. The van der Waals surface area contributed by atoms with Crippen LogP contribution < -0.4 is 4.90 Å². The molecule has 0 spiro atoms. The number of β-amino-alcohol motifs (C(OH)–C–C–N with tert-alkyl or cyclic N) is 1. The lowest BCUT2D eigenvalue weighted by Gasteiger charge is -2.24. The van der Waals surface area contributed by atoms with Crippen LogP contribution in [0.25, 0.3) is 0 Å². The molecule has 1 amide bonds. The lowest BCUT2D eigenvalue weighted by molar-refractivity contribution is -0.122. The Morgan fingerprint density at radius 1 is 1.28 bits per heavy atom. The molecule has 18 heavy (non-hydrogen) atoms. The average molecular weight is 247 g/mol. The van der Waals surface area contributed by atoms with Crippen molar-refractivity contribution in [3.8, 4) is 0 Å². The molecular weight excluding hydrogens is 226 g/mol. The second kappa shape index (κ2) is 4.39. The van der Waals surface area contributed by atoms with Crippen molar-refractivity contribution in [3.63, 3.8) is 0 Å². The smallest absolute Gasteiger partial charge is 0.237 e. The fourth-order valence-corrected chi connectivity index (χ4v) is 2.38. The summed E-state index contributed by atoms with van der Waals surface area (Å²) >= 11 is 0. The first-order valence-electron chi connectivity index (χ1n) is 6.45. The van der Waals surface area contributed by atoms with Gasteiger partial charge in [0, 0.05) is 5.69 Å². The van der Waals surface area contributed by atoms with Gasteiger partial charge in [0.15, 0.2) is 0 Å². The van der Waals surface area contributed by atoms with Crippen LogP contribution in [0.1, 0.15) is 33.3 Å². The largest absolute Gasteiger partial charge is 0.391 e. The topological polar surface area (TPSA) is 40.5 Å². The average Bonchev–Trinajstić information content (AvgIpc) is 2.51. The molecule has 0 bridgehead atoms. The monoisotopic (exact) mass is 247 g/mol. The predicted octanol–water partition coefficient (Wildman–Crippen LogP) is 2.33. The zero-order valence-corrected chi connectivity index (χ0v) is 11.5. The van der Waals surface area contributed by atoms with Crippen LogP contribution in [-0.2, 0) is 10.2 Å². The van der Waals surface area contributed by atoms with E-state index in [0.717, 1.165) is 11.3 Å². The highest BCUT2D eigenvalue weighted by atomic mass is 16.3. The van der Waals surface area contributed by atoms with E-state index >= 15 is 0 Å². The SMILES string of the molecule is CC(C)C(O)CN1C(=O)C(C)(C)c2ccccc21. The Labute approximate surface area is 108 Å². The first-order valence-corrected chi connectivity index (χ1v) is 6.45. The highest BCUT2D eigenvalue weighted by molar-refractivity contribution is 6.07. The fourth-order valence-electron chi connectivity index (χ4n) is 2.38. The summed E-state index contributed by atoms with van der Waals surface area (Å²) in [6.45, 7) is 8.17. The molecule has 1 unspecified atom stereocenters. The summed E-state index contributed by atoms with van der Waals surface area (Å²) in [5.74, 6) is 0.220. The number of fused-ring (bicyclic) bond motifs is 1. The van der Waals surface area contributed by atoms with Crippen molar-refractivity contribution in [1.29, 1.82) is 0 Å². The highest BCUT2D eigenvalue weighted by Crippen LogP contribution is 2.41. The number of nitrogens with zero attached hydrogens (tertiary/aromatic N) is 1. The molecule has 0 radical (unpaired) electrons. The number of hydrogen-bond donors (Lipinski definition) is 1. The Bertz CT molecular complexity index is 465. The van der Waals surface area contributed by atoms with Crippen LogP contribution in [0.5, 0.6) is 0 Å². The zero-order chi connectivity index (χ0) is 13.5. The number of carbonyl (C=O) groups is 1. The Morgan fingerprint density at radius 3 is 2.50 bits per heavy atom. The van der Waals surface area contributed by atoms with Gasteiger partial charge in [-0.15, -0.1) is 0 Å². The third-order valence-corrected chi connectivity index (χ3v) is 3.79. The van der Waals surface area contributed by atoms with Crippen LogP contribution in [-0.4, -0.2) is 23.7 Å². The molecule has 0 aromatic heterocycles. The lowest BCUT2D eigenvalue weighted by Crippen LogP contribution is -2.41. The molecule has 1 aromatic carbocycles. The maximum Gasteiger partial charge on any atom is 0.237 e. The number of para-hydroxylation sites is 1. The van der Waals surface area contributed by atoms with Gasteiger partial charge in [-0.25, -0.2) is 0 Å². The van der Waals surface area contributed by atoms with E-state index in [1.165, 1.54) is 0 Å². The van der Waals surface area contributed by atoms with Gasteiger partial charge in [0.1, 0.15) is 0 Å². The molecule has 0 fully saturated rings. The molecule has 1 N–H and O–H groups in total. The zero-order valence-electron chi connectivity index (χ0n) is 11.5. The Hall–Kier alpha value is -1.35. The molecule has 1 heterocycles. The van der Waals surface area contributed by atoms with Crippen molar-refractivity contribution in [3.05, 3.63) is 29.8 Å². The Balaban J connectivity index is 2.36. The molecule has 1 aliphatic heterocycles. The van der Waals surface area contributed by atoms with Crippen LogP contribution >= 0.6 is 0 Å². The number of hydrogen-bond acceptors (Lipinski definition) is 2. The van der Waals surface area contributed by atoms with E-state index < -0.39 is 11.5 Å². The van der Waals surface area contributed by atoms with Crippen molar-refractivity contribution in [2.75, 3.05) is 11.4 Å². The summed E-state index contributed by atoms with van der Waals surface area (Å²) in [4.78, 5) is 14.2. The van der Waals surface area contributed by atoms with E-state index in [2.05, 4.69) is 0 Å². The fraction of sp³-hybridized carbons (Fsp3) is 0.533. The van der Waals surface area contributed by atoms with E-state index in [0.29, 0.717) is 6.54 Å². The molecule has 98 valence electrons. The first-order chi connectivity index (χ1) is 8.35. The second-order valence-corrected chi connectivity index (χ2v) is 5.87. The highest BCUT2D eigenvalue weighted by Gasteiger charge is 2.44. The van der Waals surface area contributed by atoms with Gasteiger partial charge in [-0.2, -0.15) is 0 Å². The van der Waals surface area contributed by atoms with E-state index in [1.807, 2.05) is 52.0 Å².